The van der Waals surface area contributed by atoms with Crippen molar-refractivity contribution in [3.05, 3.63) is 23.8 Å². The monoisotopic (exact) mass is 263 g/mol. The number of hydrogen-bond donors (Lipinski definition) is 3. The predicted octanol–water partition coefficient (Wildman–Crippen LogP) is 2.02. The molecule has 5 nitrogen and oxygen atoms in total. The van der Waals surface area contributed by atoms with E-state index in [2.05, 4.69) is 10.6 Å². The molecule has 1 aromatic carbocycles. The van der Waals surface area contributed by atoms with E-state index in [9.17, 15) is 9.59 Å². The Morgan fingerprint density at radius 3 is 2.53 bits per heavy atom. The van der Waals surface area contributed by atoms with Crippen LogP contribution in [0.25, 0.3) is 0 Å². The van der Waals surface area contributed by atoms with Crippen molar-refractivity contribution in [2.75, 3.05) is 10.6 Å². The zero-order chi connectivity index (χ0) is 14.4. The van der Waals surface area contributed by atoms with E-state index in [1.165, 1.54) is 0 Å². The van der Waals surface area contributed by atoms with Gasteiger partial charge < -0.3 is 16.4 Å². The second-order valence-electron chi connectivity index (χ2n) is 4.66. The number of aryl methyl sites for hydroxylation is 1. The summed E-state index contributed by atoms with van der Waals surface area (Å²) in [6.07, 6.45) is 0.686. The van der Waals surface area contributed by atoms with Gasteiger partial charge in [0.1, 0.15) is 0 Å². The van der Waals surface area contributed by atoms with Gasteiger partial charge in [-0.25, -0.2) is 0 Å². The molecule has 4 N–H and O–H groups in total. The van der Waals surface area contributed by atoms with E-state index in [-0.39, 0.29) is 24.3 Å². The molecule has 1 rings (SSSR count). The number of nitrogens with two attached hydrogens (primary N) is 1. The predicted molar refractivity (Wildman–Crippen MR) is 77.0 cm³/mol. The number of amides is 2. The fourth-order valence-electron chi connectivity index (χ4n) is 1.58. The summed E-state index contributed by atoms with van der Waals surface area (Å²) in [5, 5.41) is 5.56. The fourth-order valence-corrected chi connectivity index (χ4v) is 1.58. The first-order valence-corrected chi connectivity index (χ1v) is 6.38. The molecule has 0 saturated carbocycles. The highest BCUT2D eigenvalue weighted by atomic mass is 16.2. The van der Waals surface area contributed by atoms with Crippen LogP contribution in [-0.4, -0.2) is 17.9 Å². The first kappa shape index (κ1) is 15.2. The van der Waals surface area contributed by atoms with Gasteiger partial charge in [0, 0.05) is 30.3 Å². The van der Waals surface area contributed by atoms with Crippen molar-refractivity contribution in [1.29, 1.82) is 0 Å². The summed E-state index contributed by atoms with van der Waals surface area (Å²) in [5.74, 6) is -0.186. The summed E-state index contributed by atoms with van der Waals surface area (Å²) in [6, 6.07) is 5.24. The third-order valence-electron chi connectivity index (χ3n) is 2.62. The van der Waals surface area contributed by atoms with Gasteiger partial charge in [-0.3, -0.25) is 9.59 Å². The van der Waals surface area contributed by atoms with Crippen molar-refractivity contribution in [3.8, 4) is 0 Å². The number of hydrogen-bond acceptors (Lipinski definition) is 3. The van der Waals surface area contributed by atoms with Crippen molar-refractivity contribution in [1.82, 2.24) is 0 Å². The molecule has 1 atom stereocenters. The number of nitrogens with one attached hydrogen (secondary N) is 2. The van der Waals surface area contributed by atoms with Crippen LogP contribution in [-0.2, 0) is 9.59 Å². The van der Waals surface area contributed by atoms with Crippen LogP contribution in [0.1, 0.15) is 32.3 Å². The molecule has 0 aliphatic heterocycles. The lowest BCUT2D eigenvalue weighted by Gasteiger charge is -2.12. The van der Waals surface area contributed by atoms with Gasteiger partial charge in [0.15, 0.2) is 0 Å². The quantitative estimate of drug-likeness (QED) is 0.759. The van der Waals surface area contributed by atoms with E-state index in [1.807, 2.05) is 19.1 Å². The Balaban J connectivity index is 2.79. The second kappa shape index (κ2) is 6.89. The van der Waals surface area contributed by atoms with Crippen LogP contribution in [0.3, 0.4) is 0 Å². The molecule has 0 spiro atoms. The van der Waals surface area contributed by atoms with Crippen LogP contribution in [0.4, 0.5) is 11.4 Å². The summed E-state index contributed by atoms with van der Waals surface area (Å²) in [6.45, 7) is 5.46. The first-order valence-electron chi connectivity index (χ1n) is 6.38. The normalized spacial score (nSPS) is 11.8. The van der Waals surface area contributed by atoms with Gasteiger partial charge in [0.05, 0.1) is 0 Å². The molecule has 0 bridgehead atoms. The van der Waals surface area contributed by atoms with Crippen molar-refractivity contribution < 1.29 is 9.59 Å². The average Bonchev–Trinajstić information content (AvgIpc) is 2.32. The van der Waals surface area contributed by atoms with E-state index in [1.54, 1.807) is 19.9 Å². The largest absolute Gasteiger partial charge is 0.327 e. The molecule has 19 heavy (non-hydrogen) atoms. The van der Waals surface area contributed by atoms with E-state index >= 15 is 0 Å². The van der Waals surface area contributed by atoms with E-state index < -0.39 is 0 Å². The standard InChI is InChI=1S/C14H21N3O2/c1-4-13(18)16-11-6-5-9(2)12(8-11)17-14(19)7-10(3)15/h5-6,8,10H,4,7,15H2,1-3H3,(H,16,18)(H,17,19). The minimum Gasteiger partial charge on any atom is -0.327 e. The molecule has 104 valence electrons. The second-order valence-corrected chi connectivity index (χ2v) is 4.66. The van der Waals surface area contributed by atoms with Crippen molar-refractivity contribution in [3.63, 3.8) is 0 Å². The molecule has 1 aromatic rings. The van der Waals surface area contributed by atoms with E-state index in [0.717, 1.165) is 5.56 Å². The molecule has 0 aromatic heterocycles. The van der Waals surface area contributed by atoms with Crippen LogP contribution in [0.5, 0.6) is 0 Å². The van der Waals surface area contributed by atoms with Crippen LogP contribution >= 0.6 is 0 Å². The SMILES string of the molecule is CCC(=O)Nc1ccc(C)c(NC(=O)CC(C)N)c1. The Morgan fingerprint density at radius 1 is 1.26 bits per heavy atom. The Morgan fingerprint density at radius 2 is 1.95 bits per heavy atom. The van der Waals surface area contributed by atoms with Gasteiger partial charge >= 0.3 is 0 Å². The average molecular weight is 263 g/mol. The molecule has 1 unspecified atom stereocenters. The summed E-state index contributed by atoms with van der Waals surface area (Å²) in [5.41, 5.74) is 7.89. The third kappa shape index (κ3) is 5.09. The Labute approximate surface area is 113 Å². The lowest BCUT2D eigenvalue weighted by Crippen LogP contribution is -2.24. The zero-order valence-corrected chi connectivity index (χ0v) is 11.6. The van der Waals surface area contributed by atoms with Crippen molar-refractivity contribution in [2.24, 2.45) is 5.73 Å². The number of benzene rings is 1. The van der Waals surface area contributed by atoms with Gasteiger partial charge in [-0.2, -0.15) is 0 Å². The Bertz CT molecular complexity index is 470. The topological polar surface area (TPSA) is 84.2 Å². The number of anilines is 2. The molecule has 5 heteroatoms. The van der Waals surface area contributed by atoms with Crippen molar-refractivity contribution in [2.45, 2.75) is 39.7 Å². The van der Waals surface area contributed by atoms with Crippen LogP contribution in [0.15, 0.2) is 18.2 Å². The molecule has 2 amide bonds. The van der Waals surface area contributed by atoms with E-state index in [4.69, 9.17) is 5.73 Å². The lowest BCUT2D eigenvalue weighted by molar-refractivity contribution is -0.117. The maximum atomic E-state index is 11.7. The summed E-state index contributed by atoms with van der Waals surface area (Å²) in [4.78, 5) is 23.0. The minimum absolute atomic E-state index is 0.0586. The van der Waals surface area contributed by atoms with Crippen molar-refractivity contribution >= 4 is 23.2 Å². The van der Waals surface area contributed by atoms with Crippen LogP contribution in [0.2, 0.25) is 0 Å². The Hall–Kier alpha value is -1.88. The van der Waals surface area contributed by atoms with Gasteiger partial charge in [-0.05, 0) is 31.5 Å². The maximum absolute atomic E-state index is 11.7. The molecule has 0 fully saturated rings. The molecular weight excluding hydrogens is 242 g/mol. The number of rotatable bonds is 5. The fraction of sp³-hybridized carbons (Fsp3) is 0.429. The van der Waals surface area contributed by atoms with E-state index in [0.29, 0.717) is 17.8 Å². The molecule has 0 heterocycles. The number of carbonyl (C=O) groups excluding carboxylic acids is 2. The van der Waals surface area contributed by atoms with Crippen LogP contribution < -0.4 is 16.4 Å². The maximum Gasteiger partial charge on any atom is 0.225 e. The van der Waals surface area contributed by atoms with Gasteiger partial charge in [0.2, 0.25) is 11.8 Å². The molecule has 0 saturated heterocycles. The van der Waals surface area contributed by atoms with Gasteiger partial charge in [0.25, 0.3) is 0 Å². The first-order chi connectivity index (χ1) is 8.92. The lowest BCUT2D eigenvalue weighted by atomic mass is 10.1. The highest BCUT2D eigenvalue weighted by Crippen LogP contribution is 2.20. The molecule has 0 aliphatic carbocycles. The summed E-state index contributed by atoms with van der Waals surface area (Å²) < 4.78 is 0. The molecular formula is C14H21N3O2. The van der Waals surface area contributed by atoms with Gasteiger partial charge in [-0.15, -0.1) is 0 Å². The minimum atomic E-state index is -0.178. The summed E-state index contributed by atoms with van der Waals surface area (Å²) >= 11 is 0. The highest BCUT2D eigenvalue weighted by molar-refractivity contribution is 5.94. The molecule has 0 radical (unpaired) electrons. The number of carbonyl (C=O) groups is 2. The molecule has 0 aliphatic rings. The van der Waals surface area contributed by atoms with Crippen LogP contribution in [0, 0.1) is 6.92 Å². The zero-order valence-electron chi connectivity index (χ0n) is 11.6. The smallest absolute Gasteiger partial charge is 0.225 e. The highest BCUT2D eigenvalue weighted by Gasteiger charge is 2.08. The third-order valence-corrected chi connectivity index (χ3v) is 2.62. The Kier molecular flexibility index (Phi) is 5.51. The van der Waals surface area contributed by atoms with Gasteiger partial charge in [-0.1, -0.05) is 13.0 Å². The summed E-state index contributed by atoms with van der Waals surface area (Å²) in [7, 11) is 0.